The van der Waals surface area contributed by atoms with E-state index in [2.05, 4.69) is 6.92 Å². The van der Waals surface area contributed by atoms with Gasteiger partial charge in [0.1, 0.15) is 5.75 Å². The molecule has 0 amide bonds. The van der Waals surface area contributed by atoms with Crippen LogP contribution in [0.1, 0.15) is 11.1 Å². The molecule has 0 spiro atoms. The monoisotopic (exact) mass is 198 g/mol. The van der Waals surface area contributed by atoms with Crippen molar-refractivity contribution in [3.8, 4) is 16.9 Å². The van der Waals surface area contributed by atoms with Gasteiger partial charge < -0.3 is 5.11 Å². The Labute approximate surface area is 90.0 Å². The van der Waals surface area contributed by atoms with Crippen molar-refractivity contribution in [1.29, 1.82) is 0 Å². The molecule has 76 valence electrons. The molecule has 15 heavy (non-hydrogen) atoms. The molecule has 0 radical (unpaired) electrons. The van der Waals surface area contributed by atoms with Gasteiger partial charge in [-0.15, -0.1) is 0 Å². The minimum Gasteiger partial charge on any atom is -0.507 e. The number of hydrogen-bond donors (Lipinski definition) is 1. The van der Waals surface area contributed by atoms with Gasteiger partial charge in [-0.3, -0.25) is 0 Å². The second kappa shape index (κ2) is 3.77. The van der Waals surface area contributed by atoms with Gasteiger partial charge in [0, 0.05) is 5.56 Å². The van der Waals surface area contributed by atoms with Crippen LogP contribution in [-0.4, -0.2) is 5.11 Å². The number of aryl methyl sites for hydroxylation is 2. The molecular weight excluding hydrogens is 184 g/mol. The van der Waals surface area contributed by atoms with Crippen molar-refractivity contribution in [2.24, 2.45) is 0 Å². The second-order valence-electron chi connectivity index (χ2n) is 3.82. The summed E-state index contributed by atoms with van der Waals surface area (Å²) >= 11 is 0. The van der Waals surface area contributed by atoms with Gasteiger partial charge in [0.25, 0.3) is 0 Å². The maximum Gasteiger partial charge on any atom is 0.123 e. The molecule has 0 fully saturated rings. The van der Waals surface area contributed by atoms with Crippen LogP contribution in [0.2, 0.25) is 0 Å². The lowest BCUT2D eigenvalue weighted by atomic mass is 9.99. The first-order valence-electron chi connectivity index (χ1n) is 5.04. The number of phenols is 1. The molecule has 2 rings (SSSR count). The van der Waals surface area contributed by atoms with Crippen LogP contribution in [0.5, 0.6) is 5.75 Å². The average Bonchev–Trinajstić information content (AvgIpc) is 2.25. The van der Waals surface area contributed by atoms with Crippen LogP contribution in [0.25, 0.3) is 11.1 Å². The van der Waals surface area contributed by atoms with E-state index in [4.69, 9.17) is 0 Å². The van der Waals surface area contributed by atoms with Crippen LogP contribution in [0.4, 0.5) is 0 Å². The van der Waals surface area contributed by atoms with Crippen molar-refractivity contribution < 1.29 is 5.11 Å². The number of aromatic hydroxyl groups is 1. The fourth-order valence-corrected chi connectivity index (χ4v) is 1.65. The van der Waals surface area contributed by atoms with Crippen LogP contribution in [0, 0.1) is 13.8 Å². The number of hydrogen-bond acceptors (Lipinski definition) is 1. The SMILES string of the molecule is Cc1cc(O)c(-c2ccccc2)cc1C. The molecule has 1 N–H and O–H groups in total. The maximum absolute atomic E-state index is 9.87. The Bertz CT molecular complexity index is 472. The zero-order valence-electron chi connectivity index (χ0n) is 8.99. The van der Waals surface area contributed by atoms with Gasteiger partial charge in [-0.05, 0) is 42.7 Å². The Morgan fingerprint density at radius 2 is 1.47 bits per heavy atom. The molecule has 0 aliphatic rings. The van der Waals surface area contributed by atoms with E-state index < -0.39 is 0 Å². The summed E-state index contributed by atoms with van der Waals surface area (Å²) < 4.78 is 0. The van der Waals surface area contributed by atoms with E-state index in [1.165, 1.54) is 5.56 Å². The van der Waals surface area contributed by atoms with E-state index in [1.807, 2.05) is 49.4 Å². The lowest BCUT2D eigenvalue weighted by Crippen LogP contribution is -1.84. The normalized spacial score (nSPS) is 10.3. The molecule has 2 aromatic carbocycles. The highest BCUT2D eigenvalue weighted by atomic mass is 16.3. The first-order valence-corrected chi connectivity index (χ1v) is 5.04. The summed E-state index contributed by atoms with van der Waals surface area (Å²) in [5.74, 6) is 0.351. The number of rotatable bonds is 1. The fourth-order valence-electron chi connectivity index (χ4n) is 1.65. The van der Waals surface area contributed by atoms with Crippen molar-refractivity contribution in [3.05, 3.63) is 53.6 Å². The van der Waals surface area contributed by atoms with Crippen LogP contribution < -0.4 is 0 Å². The van der Waals surface area contributed by atoms with E-state index in [9.17, 15) is 5.11 Å². The van der Waals surface area contributed by atoms with Crippen LogP contribution in [0.3, 0.4) is 0 Å². The quantitative estimate of drug-likeness (QED) is 0.741. The first-order chi connectivity index (χ1) is 7.18. The molecule has 0 atom stereocenters. The predicted molar refractivity (Wildman–Crippen MR) is 63.0 cm³/mol. The Kier molecular flexibility index (Phi) is 2.46. The second-order valence-corrected chi connectivity index (χ2v) is 3.82. The van der Waals surface area contributed by atoms with Crippen molar-refractivity contribution in [2.45, 2.75) is 13.8 Å². The molecule has 0 aliphatic carbocycles. The molecule has 0 bridgehead atoms. The molecule has 1 nitrogen and oxygen atoms in total. The van der Waals surface area contributed by atoms with Crippen molar-refractivity contribution in [1.82, 2.24) is 0 Å². The lowest BCUT2D eigenvalue weighted by molar-refractivity contribution is 0.476. The van der Waals surface area contributed by atoms with E-state index in [-0.39, 0.29) is 0 Å². The molecule has 0 aromatic heterocycles. The minimum atomic E-state index is 0.351. The van der Waals surface area contributed by atoms with E-state index >= 15 is 0 Å². The van der Waals surface area contributed by atoms with Gasteiger partial charge in [0.05, 0.1) is 0 Å². The highest BCUT2D eigenvalue weighted by molar-refractivity contribution is 5.71. The summed E-state index contributed by atoms with van der Waals surface area (Å²) in [7, 11) is 0. The summed E-state index contributed by atoms with van der Waals surface area (Å²) in [6.45, 7) is 4.06. The van der Waals surface area contributed by atoms with Gasteiger partial charge in [0.15, 0.2) is 0 Å². The third-order valence-electron chi connectivity index (χ3n) is 2.70. The smallest absolute Gasteiger partial charge is 0.123 e. The minimum absolute atomic E-state index is 0.351. The zero-order valence-corrected chi connectivity index (χ0v) is 8.99. The number of benzene rings is 2. The van der Waals surface area contributed by atoms with Gasteiger partial charge in [-0.25, -0.2) is 0 Å². The Morgan fingerprint density at radius 3 is 2.13 bits per heavy atom. The molecule has 0 heterocycles. The predicted octanol–water partition coefficient (Wildman–Crippen LogP) is 3.68. The highest BCUT2D eigenvalue weighted by Gasteiger charge is 2.05. The summed E-state index contributed by atoms with van der Waals surface area (Å²) in [6, 6.07) is 13.8. The molecule has 0 saturated heterocycles. The Hall–Kier alpha value is -1.76. The summed E-state index contributed by atoms with van der Waals surface area (Å²) in [5.41, 5.74) is 4.27. The Morgan fingerprint density at radius 1 is 0.867 bits per heavy atom. The van der Waals surface area contributed by atoms with Gasteiger partial charge in [0.2, 0.25) is 0 Å². The summed E-state index contributed by atoms with van der Waals surface area (Å²) in [6.07, 6.45) is 0. The van der Waals surface area contributed by atoms with Crippen molar-refractivity contribution in [3.63, 3.8) is 0 Å². The van der Waals surface area contributed by atoms with E-state index in [1.54, 1.807) is 0 Å². The van der Waals surface area contributed by atoms with Crippen LogP contribution in [0.15, 0.2) is 42.5 Å². The van der Waals surface area contributed by atoms with Crippen LogP contribution >= 0.6 is 0 Å². The molecule has 0 unspecified atom stereocenters. The molecular formula is C14H14O. The standard InChI is InChI=1S/C14H14O/c1-10-8-13(14(15)9-11(10)2)12-6-4-3-5-7-12/h3-9,15H,1-2H3. The van der Waals surface area contributed by atoms with Crippen molar-refractivity contribution in [2.75, 3.05) is 0 Å². The maximum atomic E-state index is 9.87. The lowest BCUT2D eigenvalue weighted by Gasteiger charge is -2.08. The van der Waals surface area contributed by atoms with Gasteiger partial charge in [-0.2, -0.15) is 0 Å². The Balaban J connectivity index is 2.59. The summed E-state index contributed by atoms with van der Waals surface area (Å²) in [5, 5.41) is 9.87. The van der Waals surface area contributed by atoms with Crippen LogP contribution in [-0.2, 0) is 0 Å². The molecule has 1 heteroatoms. The first kappa shape index (κ1) is 9.78. The third kappa shape index (κ3) is 1.86. The average molecular weight is 198 g/mol. The third-order valence-corrected chi connectivity index (χ3v) is 2.70. The molecule has 0 aliphatic heterocycles. The van der Waals surface area contributed by atoms with Gasteiger partial charge >= 0.3 is 0 Å². The highest BCUT2D eigenvalue weighted by Crippen LogP contribution is 2.31. The van der Waals surface area contributed by atoms with E-state index in [0.29, 0.717) is 5.75 Å². The largest absolute Gasteiger partial charge is 0.507 e. The van der Waals surface area contributed by atoms with Crippen molar-refractivity contribution >= 4 is 0 Å². The molecule has 2 aromatic rings. The summed E-state index contributed by atoms with van der Waals surface area (Å²) in [4.78, 5) is 0. The number of phenolic OH excluding ortho intramolecular Hbond substituents is 1. The van der Waals surface area contributed by atoms with Gasteiger partial charge in [-0.1, -0.05) is 30.3 Å². The fraction of sp³-hybridized carbons (Fsp3) is 0.143. The van der Waals surface area contributed by atoms with E-state index in [0.717, 1.165) is 16.7 Å². The zero-order chi connectivity index (χ0) is 10.8. The topological polar surface area (TPSA) is 20.2 Å². The molecule has 0 saturated carbocycles.